The number of nitrogens with zero attached hydrogens (tertiary/aromatic N) is 3. The van der Waals surface area contributed by atoms with Gasteiger partial charge in [-0.05, 0) is 25.7 Å². The molecule has 2 aliphatic heterocycles. The van der Waals surface area contributed by atoms with Gasteiger partial charge in [0.05, 0.1) is 0 Å². The molecule has 2 rings (SSSR count). The highest BCUT2D eigenvalue weighted by molar-refractivity contribution is 8.00. The first-order chi connectivity index (χ1) is 11.2. The highest BCUT2D eigenvalue weighted by Gasteiger charge is 2.27. The second kappa shape index (κ2) is 9.40. The predicted molar refractivity (Wildman–Crippen MR) is 99.1 cm³/mol. The molecule has 0 bridgehead atoms. The molecule has 0 spiro atoms. The van der Waals surface area contributed by atoms with E-state index in [0.717, 1.165) is 57.8 Å². The van der Waals surface area contributed by atoms with Crippen molar-refractivity contribution >= 4 is 23.6 Å². The number of carbonyl (C=O) groups is 1. The van der Waals surface area contributed by atoms with Crippen LogP contribution in [0.15, 0.2) is 4.99 Å². The third kappa shape index (κ3) is 5.03. The number of amides is 1. The number of guanidine groups is 1. The monoisotopic (exact) mass is 340 g/mol. The van der Waals surface area contributed by atoms with Gasteiger partial charge in [0, 0.05) is 56.7 Å². The van der Waals surface area contributed by atoms with Crippen LogP contribution in [0.4, 0.5) is 0 Å². The predicted octanol–water partition coefficient (Wildman–Crippen LogP) is 2.18. The molecule has 0 aromatic heterocycles. The summed E-state index contributed by atoms with van der Waals surface area (Å²) in [6.45, 7) is 8.42. The third-order valence-electron chi connectivity index (χ3n) is 4.89. The Balaban J connectivity index is 1.79. The lowest BCUT2D eigenvalue weighted by atomic mass is 10.1. The average molecular weight is 341 g/mol. The van der Waals surface area contributed by atoms with Crippen molar-refractivity contribution in [3.05, 3.63) is 0 Å². The maximum Gasteiger partial charge on any atom is 0.222 e. The summed E-state index contributed by atoms with van der Waals surface area (Å²) >= 11 is 2.08. The van der Waals surface area contributed by atoms with E-state index in [2.05, 4.69) is 45.7 Å². The van der Waals surface area contributed by atoms with E-state index in [9.17, 15) is 4.79 Å². The fourth-order valence-electron chi connectivity index (χ4n) is 3.48. The van der Waals surface area contributed by atoms with Crippen molar-refractivity contribution in [2.45, 2.75) is 57.2 Å². The summed E-state index contributed by atoms with van der Waals surface area (Å²) in [6.07, 6.45) is 5.00. The van der Waals surface area contributed by atoms with Gasteiger partial charge in [-0.2, -0.15) is 11.8 Å². The van der Waals surface area contributed by atoms with Crippen LogP contribution in [0.5, 0.6) is 0 Å². The Bertz CT molecular complexity index is 415. The van der Waals surface area contributed by atoms with Gasteiger partial charge in [-0.1, -0.05) is 13.8 Å². The van der Waals surface area contributed by atoms with Crippen molar-refractivity contribution in [1.29, 1.82) is 0 Å². The molecule has 2 aliphatic rings. The Hall–Kier alpha value is -0.910. The van der Waals surface area contributed by atoms with Gasteiger partial charge in [0.2, 0.25) is 5.91 Å². The topological polar surface area (TPSA) is 47.9 Å². The summed E-state index contributed by atoms with van der Waals surface area (Å²) in [6, 6.07) is 0.371. The first-order valence-corrected chi connectivity index (χ1v) is 10.1. The molecule has 0 radical (unpaired) electrons. The van der Waals surface area contributed by atoms with Crippen molar-refractivity contribution in [3.8, 4) is 0 Å². The molecule has 5 nitrogen and oxygen atoms in total. The van der Waals surface area contributed by atoms with Crippen LogP contribution in [0.1, 0.15) is 46.0 Å². The standard InChI is InChI=1S/C17H32N4OS/c1-4-14(21-10-6-7-16(21)22)8-9-19-17(18-3)20-11-12-23-15(5-2)13-20/h14-15H,4-13H2,1-3H3,(H,18,19). The molecule has 0 saturated carbocycles. The van der Waals surface area contributed by atoms with E-state index < -0.39 is 0 Å². The SMILES string of the molecule is CCC1CN(C(=NC)NCCC(CC)N2CCCC2=O)CCS1. The van der Waals surface area contributed by atoms with Crippen molar-refractivity contribution in [1.82, 2.24) is 15.1 Å². The number of nitrogens with one attached hydrogen (secondary N) is 1. The number of rotatable bonds is 6. The quantitative estimate of drug-likeness (QED) is 0.595. The Kier molecular flexibility index (Phi) is 7.53. The van der Waals surface area contributed by atoms with E-state index in [1.807, 2.05) is 7.05 Å². The zero-order valence-corrected chi connectivity index (χ0v) is 15.7. The van der Waals surface area contributed by atoms with Gasteiger partial charge in [-0.3, -0.25) is 9.79 Å². The normalized spacial score (nSPS) is 24.2. The van der Waals surface area contributed by atoms with Crippen molar-refractivity contribution < 1.29 is 4.79 Å². The van der Waals surface area contributed by atoms with Crippen LogP contribution < -0.4 is 5.32 Å². The summed E-state index contributed by atoms with van der Waals surface area (Å²) in [7, 11) is 1.87. The fourth-order valence-corrected chi connectivity index (χ4v) is 4.66. The highest BCUT2D eigenvalue weighted by atomic mass is 32.2. The summed E-state index contributed by atoms with van der Waals surface area (Å²) < 4.78 is 0. The summed E-state index contributed by atoms with van der Waals surface area (Å²) in [4.78, 5) is 20.8. The van der Waals surface area contributed by atoms with E-state index in [-0.39, 0.29) is 0 Å². The van der Waals surface area contributed by atoms with Gasteiger partial charge in [0.1, 0.15) is 0 Å². The maximum atomic E-state index is 11.9. The molecule has 0 aliphatic carbocycles. The second-order valence-electron chi connectivity index (χ2n) is 6.36. The van der Waals surface area contributed by atoms with Gasteiger partial charge < -0.3 is 15.1 Å². The lowest BCUT2D eigenvalue weighted by Gasteiger charge is -2.34. The van der Waals surface area contributed by atoms with Crippen LogP contribution in [0.25, 0.3) is 0 Å². The molecule has 0 aromatic rings. The van der Waals surface area contributed by atoms with Crippen LogP contribution in [-0.4, -0.2) is 71.9 Å². The fraction of sp³-hybridized carbons (Fsp3) is 0.882. The first-order valence-electron chi connectivity index (χ1n) is 9.06. The minimum Gasteiger partial charge on any atom is -0.356 e. The van der Waals surface area contributed by atoms with Gasteiger partial charge in [-0.25, -0.2) is 0 Å². The Labute approximate surface area is 145 Å². The van der Waals surface area contributed by atoms with E-state index >= 15 is 0 Å². The molecule has 0 aromatic carbocycles. The Morgan fingerprint density at radius 3 is 2.87 bits per heavy atom. The smallest absolute Gasteiger partial charge is 0.222 e. The summed E-state index contributed by atoms with van der Waals surface area (Å²) in [5.41, 5.74) is 0. The van der Waals surface area contributed by atoms with E-state index in [1.54, 1.807) is 0 Å². The van der Waals surface area contributed by atoms with Crippen LogP contribution in [-0.2, 0) is 4.79 Å². The lowest BCUT2D eigenvalue weighted by molar-refractivity contribution is -0.129. The molecule has 23 heavy (non-hydrogen) atoms. The number of aliphatic imine (C=N–C) groups is 1. The Morgan fingerprint density at radius 1 is 1.43 bits per heavy atom. The maximum absolute atomic E-state index is 11.9. The largest absolute Gasteiger partial charge is 0.356 e. The average Bonchev–Trinajstić information content (AvgIpc) is 3.01. The number of thioether (sulfide) groups is 1. The molecule has 2 saturated heterocycles. The minimum atomic E-state index is 0.333. The molecular weight excluding hydrogens is 308 g/mol. The van der Waals surface area contributed by atoms with Crippen LogP contribution >= 0.6 is 11.8 Å². The molecule has 2 atom stereocenters. The molecule has 2 fully saturated rings. The van der Waals surface area contributed by atoms with Crippen LogP contribution in [0.2, 0.25) is 0 Å². The third-order valence-corrected chi connectivity index (χ3v) is 6.26. The summed E-state index contributed by atoms with van der Waals surface area (Å²) in [5.74, 6) is 2.53. The molecule has 1 amide bonds. The van der Waals surface area contributed by atoms with Gasteiger partial charge in [0.25, 0.3) is 0 Å². The lowest BCUT2D eigenvalue weighted by Crippen LogP contribution is -2.49. The summed E-state index contributed by atoms with van der Waals surface area (Å²) in [5, 5.41) is 4.23. The number of likely N-dealkylation sites (tertiary alicyclic amines) is 1. The van der Waals surface area contributed by atoms with E-state index in [0.29, 0.717) is 17.2 Å². The van der Waals surface area contributed by atoms with Gasteiger partial charge in [0.15, 0.2) is 5.96 Å². The Morgan fingerprint density at radius 2 is 2.26 bits per heavy atom. The van der Waals surface area contributed by atoms with Crippen molar-refractivity contribution in [2.24, 2.45) is 4.99 Å². The molecule has 1 N–H and O–H groups in total. The van der Waals surface area contributed by atoms with Gasteiger partial charge in [-0.15, -0.1) is 0 Å². The zero-order valence-electron chi connectivity index (χ0n) is 14.9. The molecule has 2 heterocycles. The second-order valence-corrected chi connectivity index (χ2v) is 7.77. The van der Waals surface area contributed by atoms with Crippen LogP contribution in [0, 0.1) is 0 Å². The number of hydrogen-bond donors (Lipinski definition) is 1. The van der Waals surface area contributed by atoms with Crippen molar-refractivity contribution in [3.63, 3.8) is 0 Å². The number of hydrogen-bond acceptors (Lipinski definition) is 3. The first kappa shape index (κ1) is 18.4. The molecule has 2 unspecified atom stereocenters. The molecule has 132 valence electrons. The minimum absolute atomic E-state index is 0.333. The zero-order chi connectivity index (χ0) is 16.7. The van der Waals surface area contributed by atoms with Gasteiger partial charge >= 0.3 is 0 Å². The van der Waals surface area contributed by atoms with E-state index in [4.69, 9.17) is 0 Å². The number of carbonyl (C=O) groups excluding carboxylic acids is 1. The van der Waals surface area contributed by atoms with E-state index in [1.165, 1.54) is 12.2 Å². The van der Waals surface area contributed by atoms with Crippen molar-refractivity contribution in [2.75, 3.05) is 39.0 Å². The highest BCUT2D eigenvalue weighted by Crippen LogP contribution is 2.21. The molecular formula is C17H32N4OS. The molecule has 6 heteroatoms. The van der Waals surface area contributed by atoms with Crippen LogP contribution in [0.3, 0.4) is 0 Å².